The number of allylic oxidation sites excluding steroid dienone is 2. The summed E-state index contributed by atoms with van der Waals surface area (Å²) in [6.07, 6.45) is 3.63. The van der Waals surface area contributed by atoms with E-state index in [-0.39, 0.29) is 78.1 Å². The van der Waals surface area contributed by atoms with Gasteiger partial charge in [0.1, 0.15) is 11.6 Å². The average Bonchev–Trinajstić information content (AvgIpc) is 2.81. The van der Waals surface area contributed by atoms with Crippen LogP contribution in [0.25, 0.3) is 11.1 Å². The topological polar surface area (TPSA) is 121 Å². The maximum absolute atomic E-state index is 12.8. The van der Waals surface area contributed by atoms with Gasteiger partial charge in [-0.1, -0.05) is 58.7 Å². The molecule has 2 aromatic carbocycles. The van der Waals surface area contributed by atoms with Gasteiger partial charge in [0, 0.05) is 31.4 Å². The molecule has 0 aliphatic rings. The van der Waals surface area contributed by atoms with Crippen LogP contribution in [0.3, 0.4) is 0 Å². The second-order valence-electron chi connectivity index (χ2n) is 6.88. The summed E-state index contributed by atoms with van der Waals surface area (Å²) in [7, 11) is 1.23. The predicted molar refractivity (Wildman–Crippen MR) is 142 cm³/mol. The number of carboxylic acid groups (broad SMARTS) is 2. The molecule has 0 aliphatic carbocycles. The molecule has 0 bridgehead atoms. The summed E-state index contributed by atoms with van der Waals surface area (Å²) in [5.74, 6) is -3.16. The van der Waals surface area contributed by atoms with Crippen LogP contribution >= 0.6 is 0 Å². The van der Waals surface area contributed by atoms with Gasteiger partial charge in [0.15, 0.2) is 0 Å². The SMILES string of the molecule is C.C.C.COC(=O)/C(=C\CCC(=O)O)c1ccc(F)cc1.O=C(O)CC/C=C(\CO)c1ccc(F)cc1.[V]. The van der Waals surface area contributed by atoms with Crippen molar-refractivity contribution < 1.29 is 61.8 Å². The first-order chi connectivity index (χ1) is 16.2. The summed E-state index contributed by atoms with van der Waals surface area (Å²) in [4.78, 5) is 32.3. The summed E-state index contributed by atoms with van der Waals surface area (Å²) in [6.45, 7) is -0.189. The Balaban J connectivity index is -0.000000277. The van der Waals surface area contributed by atoms with Gasteiger partial charge in [0.05, 0.1) is 19.3 Å². The maximum Gasteiger partial charge on any atom is 0.338 e. The average molecular weight is 576 g/mol. The molecule has 0 unspecified atom stereocenters. The van der Waals surface area contributed by atoms with Crippen molar-refractivity contribution in [1.29, 1.82) is 0 Å². The number of carbonyl (C=O) groups is 3. The molecular formula is C28H38F2O7V. The molecule has 10 heteroatoms. The number of esters is 1. The van der Waals surface area contributed by atoms with Crippen molar-refractivity contribution in [2.45, 2.75) is 48.0 Å². The molecule has 211 valence electrons. The molecule has 0 saturated carbocycles. The normalized spacial score (nSPS) is 10.1. The fourth-order valence-electron chi connectivity index (χ4n) is 2.71. The molecule has 3 N–H and O–H groups in total. The van der Waals surface area contributed by atoms with Crippen LogP contribution in [0.4, 0.5) is 8.78 Å². The number of halogens is 2. The summed E-state index contributed by atoms with van der Waals surface area (Å²) in [5.41, 5.74) is 2.04. The number of ether oxygens (including phenoxy) is 1. The minimum atomic E-state index is -0.949. The Morgan fingerprint density at radius 3 is 1.53 bits per heavy atom. The molecule has 0 spiro atoms. The smallest absolute Gasteiger partial charge is 0.338 e. The third-order valence-corrected chi connectivity index (χ3v) is 4.40. The van der Waals surface area contributed by atoms with Gasteiger partial charge in [-0.05, 0) is 53.8 Å². The van der Waals surface area contributed by atoms with Crippen molar-refractivity contribution in [3.05, 3.63) is 83.4 Å². The molecule has 38 heavy (non-hydrogen) atoms. The molecule has 0 aliphatic heterocycles. The number of methoxy groups -OCH3 is 1. The minimum absolute atomic E-state index is 0. The second kappa shape index (κ2) is 22.9. The Morgan fingerprint density at radius 1 is 0.763 bits per heavy atom. The number of hydrogen-bond donors (Lipinski definition) is 3. The Morgan fingerprint density at radius 2 is 1.16 bits per heavy atom. The Kier molecular flexibility index (Phi) is 25.2. The van der Waals surface area contributed by atoms with E-state index in [0.717, 1.165) is 0 Å². The van der Waals surface area contributed by atoms with E-state index in [9.17, 15) is 23.2 Å². The predicted octanol–water partition coefficient (Wildman–Crippen LogP) is 6.22. The van der Waals surface area contributed by atoms with Gasteiger partial charge in [0.25, 0.3) is 0 Å². The molecule has 2 aromatic rings. The van der Waals surface area contributed by atoms with Gasteiger partial charge < -0.3 is 20.1 Å². The van der Waals surface area contributed by atoms with Crippen LogP contribution in [0, 0.1) is 11.6 Å². The van der Waals surface area contributed by atoms with E-state index in [1.54, 1.807) is 18.2 Å². The van der Waals surface area contributed by atoms with Gasteiger partial charge >= 0.3 is 17.9 Å². The van der Waals surface area contributed by atoms with E-state index in [2.05, 4.69) is 4.74 Å². The van der Waals surface area contributed by atoms with Gasteiger partial charge in [-0.3, -0.25) is 9.59 Å². The molecule has 0 amide bonds. The quantitative estimate of drug-likeness (QED) is 0.227. The number of carboxylic acids is 2. The zero-order valence-corrected chi connectivity index (χ0v) is 20.4. The Hall–Kier alpha value is -3.27. The number of hydrogen-bond acceptors (Lipinski definition) is 5. The number of aliphatic hydroxyl groups is 1. The van der Waals surface area contributed by atoms with Crippen molar-refractivity contribution in [2.75, 3.05) is 13.7 Å². The standard InChI is InChI=1S/C13H13FO4.C12H13FO3.3CH4.V/c1-18-13(17)11(3-2-4-12(15)16)9-5-7-10(14)8-6-9;13-11-6-4-9(5-7-11)10(8-14)2-1-3-12(15)16;;;;/h3,5-8H,2,4H2,1H3,(H,15,16);2,4-7,14H,1,3,8H2,(H,15,16);3*1H4;/b11-3-;10-2+;;;;. The molecule has 1 radical (unpaired) electrons. The summed E-state index contributed by atoms with van der Waals surface area (Å²) in [5, 5.41) is 26.1. The summed E-state index contributed by atoms with van der Waals surface area (Å²) in [6, 6.07) is 11.0. The van der Waals surface area contributed by atoms with Crippen molar-refractivity contribution in [3.8, 4) is 0 Å². The van der Waals surface area contributed by atoms with E-state index in [1.165, 1.54) is 49.6 Å². The number of benzene rings is 2. The van der Waals surface area contributed by atoms with Gasteiger partial charge in [-0.25, -0.2) is 13.6 Å². The zero-order valence-electron chi connectivity index (χ0n) is 19.0. The monoisotopic (exact) mass is 575 g/mol. The first-order valence-electron chi connectivity index (χ1n) is 10.2. The number of aliphatic hydroxyl groups excluding tert-OH is 1. The van der Waals surface area contributed by atoms with Crippen molar-refractivity contribution in [1.82, 2.24) is 0 Å². The fraction of sp³-hybridized carbons (Fsp3) is 0.321. The van der Waals surface area contributed by atoms with Crippen molar-refractivity contribution in [2.24, 2.45) is 0 Å². The minimum Gasteiger partial charge on any atom is -0.481 e. The van der Waals surface area contributed by atoms with Gasteiger partial charge in [-0.2, -0.15) is 0 Å². The molecule has 0 heterocycles. The van der Waals surface area contributed by atoms with Crippen LogP contribution in [0.1, 0.15) is 59.1 Å². The molecule has 0 saturated heterocycles. The van der Waals surface area contributed by atoms with E-state index in [1.807, 2.05) is 0 Å². The van der Waals surface area contributed by atoms with Crippen LogP contribution < -0.4 is 0 Å². The third kappa shape index (κ3) is 16.5. The molecular weight excluding hydrogens is 537 g/mol. The number of rotatable bonds is 10. The van der Waals surface area contributed by atoms with Crippen LogP contribution in [0.2, 0.25) is 0 Å². The van der Waals surface area contributed by atoms with Gasteiger partial charge in [0.2, 0.25) is 0 Å². The Bertz CT molecular complexity index is 1020. The largest absolute Gasteiger partial charge is 0.481 e. The van der Waals surface area contributed by atoms with Crippen molar-refractivity contribution in [3.63, 3.8) is 0 Å². The van der Waals surface area contributed by atoms with Crippen LogP contribution in [0.15, 0.2) is 60.7 Å². The maximum atomic E-state index is 12.8. The van der Waals surface area contributed by atoms with E-state index in [4.69, 9.17) is 15.3 Å². The number of aliphatic carboxylic acids is 2. The summed E-state index contributed by atoms with van der Waals surface area (Å²) < 4.78 is 30.0. The van der Waals surface area contributed by atoms with Crippen molar-refractivity contribution >= 4 is 29.1 Å². The van der Waals surface area contributed by atoms with Crippen LogP contribution in [-0.2, 0) is 37.7 Å². The fourth-order valence-corrected chi connectivity index (χ4v) is 2.71. The first kappa shape index (κ1) is 41.8. The van der Waals surface area contributed by atoms with Gasteiger partial charge in [-0.15, -0.1) is 0 Å². The summed E-state index contributed by atoms with van der Waals surface area (Å²) >= 11 is 0. The van der Waals surface area contributed by atoms with E-state index in [0.29, 0.717) is 23.1 Å². The number of carbonyl (C=O) groups excluding carboxylic acids is 1. The first-order valence-corrected chi connectivity index (χ1v) is 10.2. The van der Waals surface area contributed by atoms with Crippen LogP contribution in [-0.4, -0.2) is 46.9 Å². The van der Waals surface area contributed by atoms with Crippen LogP contribution in [0.5, 0.6) is 0 Å². The van der Waals surface area contributed by atoms with E-state index >= 15 is 0 Å². The molecule has 0 fully saturated rings. The van der Waals surface area contributed by atoms with E-state index < -0.39 is 23.7 Å². The third-order valence-electron chi connectivity index (χ3n) is 4.40. The second-order valence-corrected chi connectivity index (χ2v) is 6.88. The molecule has 0 aromatic heterocycles. The molecule has 0 atom stereocenters. The molecule has 7 nitrogen and oxygen atoms in total. The zero-order chi connectivity index (χ0) is 25.5. The Labute approximate surface area is 235 Å². The molecule has 2 rings (SSSR count).